The van der Waals surface area contributed by atoms with Crippen molar-refractivity contribution in [1.29, 1.82) is 0 Å². The van der Waals surface area contributed by atoms with E-state index in [-0.39, 0.29) is 5.69 Å². The summed E-state index contributed by atoms with van der Waals surface area (Å²) in [6.07, 6.45) is 7.42. The van der Waals surface area contributed by atoms with Gasteiger partial charge in [0.05, 0.1) is 10.6 Å². The molecule has 0 fully saturated rings. The summed E-state index contributed by atoms with van der Waals surface area (Å²) in [5.74, 6) is -0.428. The molecule has 6 heteroatoms. The first-order chi connectivity index (χ1) is 12.1. The van der Waals surface area contributed by atoms with Crippen molar-refractivity contribution in [3.05, 3.63) is 94.1 Å². The van der Waals surface area contributed by atoms with Crippen LogP contribution in [0.5, 0.6) is 0 Å². The number of benzene rings is 2. The number of nitrogens with one attached hydrogen (secondary N) is 1. The normalized spacial score (nSPS) is 11.8. The van der Waals surface area contributed by atoms with Gasteiger partial charge in [0.1, 0.15) is 0 Å². The van der Waals surface area contributed by atoms with Gasteiger partial charge in [-0.2, -0.15) is 5.10 Å². The molecule has 2 aromatic carbocycles. The SMILES string of the molecule is CC(/C=C/C=C/c1ccccc1)=N/NC(=O)c1ccc([N+](=O)[O-])cc1. The van der Waals surface area contributed by atoms with Gasteiger partial charge in [0.25, 0.3) is 11.6 Å². The number of carbonyl (C=O) groups excluding carboxylic acids is 1. The average molecular weight is 335 g/mol. The monoisotopic (exact) mass is 335 g/mol. The molecule has 2 rings (SSSR count). The Morgan fingerprint density at radius 3 is 2.40 bits per heavy atom. The van der Waals surface area contributed by atoms with Gasteiger partial charge in [0.15, 0.2) is 0 Å². The Labute approximate surface area is 145 Å². The Balaban J connectivity index is 1.89. The van der Waals surface area contributed by atoms with Crippen molar-refractivity contribution >= 4 is 23.4 Å². The number of nitro benzene ring substituents is 1. The highest BCUT2D eigenvalue weighted by Gasteiger charge is 2.08. The lowest BCUT2D eigenvalue weighted by atomic mass is 10.2. The van der Waals surface area contributed by atoms with Crippen molar-refractivity contribution < 1.29 is 9.72 Å². The van der Waals surface area contributed by atoms with E-state index in [9.17, 15) is 14.9 Å². The predicted molar refractivity (Wildman–Crippen MR) is 98.3 cm³/mol. The minimum atomic E-state index is -0.516. The molecule has 0 unspecified atom stereocenters. The van der Waals surface area contributed by atoms with Crippen molar-refractivity contribution in [2.75, 3.05) is 0 Å². The molecule has 0 aliphatic heterocycles. The standard InChI is InChI=1S/C19H17N3O3/c1-15(7-5-6-10-16-8-3-2-4-9-16)20-21-19(23)17-11-13-18(14-12-17)22(24)25/h2-14H,1H3,(H,21,23)/b7-5+,10-6+,20-15-. The lowest BCUT2D eigenvalue weighted by molar-refractivity contribution is -0.384. The van der Waals surface area contributed by atoms with Crippen molar-refractivity contribution in [3.8, 4) is 0 Å². The number of allylic oxidation sites excluding steroid dienone is 3. The van der Waals surface area contributed by atoms with Crippen LogP contribution in [0, 0.1) is 10.1 Å². The number of hydrogen-bond acceptors (Lipinski definition) is 4. The van der Waals surface area contributed by atoms with Gasteiger partial charge in [-0.25, -0.2) is 5.43 Å². The highest BCUT2D eigenvalue weighted by molar-refractivity contribution is 5.97. The van der Waals surface area contributed by atoms with Crippen LogP contribution >= 0.6 is 0 Å². The summed E-state index contributed by atoms with van der Waals surface area (Å²) < 4.78 is 0. The van der Waals surface area contributed by atoms with Gasteiger partial charge < -0.3 is 0 Å². The Bertz CT molecular complexity index is 823. The second-order valence-electron chi connectivity index (χ2n) is 5.13. The van der Waals surface area contributed by atoms with Gasteiger partial charge in [-0.3, -0.25) is 14.9 Å². The summed E-state index contributed by atoms with van der Waals surface area (Å²) >= 11 is 0. The summed E-state index contributed by atoms with van der Waals surface area (Å²) in [5.41, 5.74) is 4.35. The third-order valence-electron chi connectivity index (χ3n) is 3.21. The van der Waals surface area contributed by atoms with Crippen molar-refractivity contribution in [2.24, 2.45) is 5.10 Å². The van der Waals surface area contributed by atoms with Crippen LogP contribution in [0.1, 0.15) is 22.8 Å². The van der Waals surface area contributed by atoms with E-state index in [1.807, 2.05) is 48.6 Å². The molecule has 0 saturated heterocycles. The molecule has 0 aromatic heterocycles. The van der Waals surface area contributed by atoms with Crippen LogP contribution in [0.4, 0.5) is 5.69 Å². The van der Waals surface area contributed by atoms with E-state index in [2.05, 4.69) is 10.5 Å². The minimum Gasteiger partial charge on any atom is -0.267 e. The largest absolute Gasteiger partial charge is 0.271 e. The fourth-order valence-corrected chi connectivity index (χ4v) is 1.90. The molecular formula is C19H17N3O3. The molecule has 6 nitrogen and oxygen atoms in total. The Morgan fingerprint density at radius 1 is 1.08 bits per heavy atom. The van der Waals surface area contributed by atoms with E-state index in [4.69, 9.17) is 0 Å². The number of nitro groups is 1. The van der Waals surface area contributed by atoms with E-state index in [0.717, 1.165) is 5.56 Å². The predicted octanol–water partition coefficient (Wildman–Crippen LogP) is 3.97. The topological polar surface area (TPSA) is 84.6 Å². The van der Waals surface area contributed by atoms with Crippen LogP contribution in [0.3, 0.4) is 0 Å². The molecule has 1 amide bonds. The summed E-state index contributed by atoms with van der Waals surface area (Å²) in [5, 5.41) is 14.5. The molecule has 0 aliphatic rings. The number of amides is 1. The van der Waals surface area contributed by atoms with Crippen LogP contribution in [-0.2, 0) is 0 Å². The van der Waals surface area contributed by atoms with E-state index in [0.29, 0.717) is 11.3 Å². The van der Waals surface area contributed by atoms with E-state index >= 15 is 0 Å². The fourth-order valence-electron chi connectivity index (χ4n) is 1.90. The first-order valence-corrected chi connectivity index (χ1v) is 7.55. The maximum atomic E-state index is 11.9. The van der Waals surface area contributed by atoms with Crippen molar-refractivity contribution in [3.63, 3.8) is 0 Å². The number of carbonyl (C=O) groups is 1. The van der Waals surface area contributed by atoms with Gasteiger partial charge >= 0.3 is 0 Å². The first kappa shape index (κ1) is 17.8. The molecule has 25 heavy (non-hydrogen) atoms. The van der Waals surface area contributed by atoms with E-state index in [1.165, 1.54) is 24.3 Å². The molecule has 0 aliphatic carbocycles. The molecule has 0 saturated carbocycles. The van der Waals surface area contributed by atoms with Crippen LogP contribution in [-0.4, -0.2) is 16.5 Å². The van der Waals surface area contributed by atoms with Gasteiger partial charge in [-0.05, 0) is 30.7 Å². The molecule has 1 N–H and O–H groups in total. The molecular weight excluding hydrogens is 318 g/mol. The quantitative estimate of drug-likeness (QED) is 0.375. The second-order valence-corrected chi connectivity index (χ2v) is 5.13. The van der Waals surface area contributed by atoms with Crippen LogP contribution < -0.4 is 5.43 Å². The average Bonchev–Trinajstić information content (AvgIpc) is 2.64. The molecule has 0 bridgehead atoms. The third kappa shape index (κ3) is 5.87. The van der Waals surface area contributed by atoms with Crippen molar-refractivity contribution in [2.45, 2.75) is 6.92 Å². The van der Waals surface area contributed by atoms with E-state index in [1.54, 1.807) is 13.0 Å². The summed E-state index contributed by atoms with van der Waals surface area (Å²) in [4.78, 5) is 22.0. The fraction of sp³-hybridized carbons (Fsp3) is 0.0526. The third-order valence-corrected chi connectivity index (χ3v) is 3.21. The lowest BCUT2D eigenvalue weighted by Gasteiger charge is -2.00. The first-order valence-electron chi connectivity index (χ1n) is 7.55. The highest BCUT2D eigenvalue weighted by Crippen LogP contribution is 2.11. The van der Waals surface area contributed by atoms with Gasteiger partial charge in [-0.15, -0.1) is 0 Å². The summed E-state index contributed by atoms with van der Waals surface area (Å²) in [6.45, 7) is 1.75. The number of nitrogens with zero attached hydrogens (tertiary/aromatic N) is 2. The Kier molecular flexibility index (Phi) is 6.36. The Morgan fingerprint density at radius 2 is 1.76 bits per heavy atom. The van der Waals surface area contributed by atoms with Crippen LogP contribution in [0.25, 0.3) is 6.08 Å². The molecule has 0 spiro atoms. The second kappa shape index (κ2) is 8.93. The number of rotatable bonds is 6. The zero-order chi connectivity index (χ0) is 18.1. The molecule has 0 radical (unpaired) electrons. The molecule has 0 heterocycles. The zero-order valence-corrected chi connectivity index (χ0v) is 13.6. The lowest BCUT2D eigenvalue weighted by Crippen LogP contribution is -2.18. The number of non-ortho nitro benzene ring substituents is 1. The zero-order valence-electron chi connectivity index (χ0n) is 13.6. The van der Waals surface area contributed by atoms with Crippen molar-refractivity contribution in [1.82, 2.24) is 5.43 Å². The number of hydrazone groups is 1. The summed E-state index contributed by atoms with van der Waals surface area (Å²) in [6, 6.07) is 15.2. The molecule has 2 aromatic rings. The molecule has 0 atom stereocenters. The van der Waals surface area contributed by atoms with Gasteiger partial charge in [0.2, 0.25) is 0 Å². The maximum Gasteiger partial charge on any atom is 0.271 e. The van der Waals surface area contributed by atoms with Gasteiger partial charge in [0, 0.05) is 17.7 Å². The summed E-state index contributed by atoms with van der Waals surface area (Å²) in [7, 11) is 0. The van der Waals surface area contributed by atoms with Gasteiger partial charge in [-0.1, -0.05) is 48.6 Å². The van der Waals surface area contributed by atoms with Crippen LogP contribution in [0.15, 0.2) is 77.9 Å². The molecule has 126 valence electrons. The maximum absolute atomic E-state index is 11.9. The highest BCUT2D eigenvalue weighted by atomic mass is 16.6. The number of hydrogen-bond donors (Lipinski definition) is 1. The Hall–Kier alpha value is -3.54. The minimum absolute atomic E-state index is 0.0654. The van der Waals surface area contributed by atoms with Crippen LogP contribution in [0.2, 0.25) is 0 Å². The smallest absolute Gasteiger partial charge is 0.267 e. The van der Waals surface area contributed by atoms with E-state index < -0.39 is 10.8 Å².